The van der Waals surface area contributed by atoms with E-state index in [-0.39, 0.29) is 12.6 Å². The summed E-state index contributed by atoms with van der Waals surface area (Å²) in [6.07, 6.45) is -1.41. The third-order valence-corrected chi connectivity index (χ3v) is 2.61. The summed E-state index contributed by atoms with van der Waals surface area (Å²) in [7, 11) is 0. The van der Waals surface area contributed by atoms with E-state index in [4.69, 9.17) is 4.74 Å². The molecule has 0 radical (unpaired) electrons. The van der Waals surface area contributed by atoms with Crippen LogP contribution in [-0.2, 0) is 4.74 Å². The van der Waals surface area contributed by atoms with Gasteiger partial charge in [-0.1, -0.05) is 36.8 Å². The molecular weight excluding hydrogens is 236 g/mol. The van der Waals surface area contributed by atoms with Crippen molar-refractivity contribution in [2.45, 2.75) is 32.7 Å². The zero-order chi connectivity index (χ0) is 13.4. The van der Waals surface area contributed by atoms with Gasteiger partial charge in [-0.05, 0) is 25.5 Å². The van der Waals surface area contributed by atoms with Crippen LogP contribution in [0.4, 0.5) is 8.78 Å². The number of hydrogen-bond acceptors (Lipinski definition) is 2. The molecule has 102 valence electrons. The van der Waals surface area contributed by atoms with Crippen molar-refractivity contribution in [3.05, 3.63) is 35.4 Å². The highest BCUT2D eigenvalue weighted by Crippen LogP contribution is 2.15. The SMILES string of the molecule is CCCNC(COCC(F)F)c1cccc(C)c1. The maximum Gasteiger partial charge on any atom is 0.261 e. The molecule has 1 N–H and O–H groups in total. The van der Waals surface area contributed by atoms with Gasteiger partial charge in [-0.2, -0.15) is 0 Å². The van der Waals surface area contributed by atoms with Crippen molar-refractivity contribution in [2.75, 3.05) is 19.8 Å². The quantitative estimate of drug-likeness (QED) is 0.771. The number of ether oxygens (including phenoxy) is 1. The molecule has 0 spiro atoms. The Morgan fingerprint density at radius 3 is 2.67 bits per heavy atom. The van der Waals surface area contributed by atoms with Gasteiger partial charge < -0.3 is 10.1 Å². The average Bonchev–Trinajstić information content (AvgIpc) is 2.33. The Morgan fingerprint density at radius 2 is 2.06 bits per heavy atom. The third-order valence-electron chi connectivity index (χ3n) is 2.61. The average molecular weight is 257 g/mol. The van der Waals surface area contributed by atoms with Gasteiger partial charge >= 0.3 is 0 Å². The van der Waals surface area contributed by atoms with Gasteiger partial charge in [-0.3, -0.25) is 0 Å². The van der Waals surface area contributed by atoms with Crippen LogP contribution in [0.25, 0.3) is 0 Å². The van der Waals surface area contributed by atoms with Gasteiger partial charge in [-0.15, -0.1) is 0 Å². The molecule has 0 fully saturated rings. The van der Waals surface area contributed by atoms with Crippen molar-refractivity contribution in [3.63, 3.8) is 0 Å². The summed E-state index contributed by atoms with van der Waals surface area (Å²) in [6.45, 7) is 4.70. The van der Waals surface area contributed by atoms with Gasteiger partial charge in [0.05, 0.1) is 12.6 Å². The summed E-state index contributed by atoms with van der Waals surface area (Å²) in [5, 5.41) is 3.32. The first-order valence-corrected chi connectivity index (χ1v) is 6.29. The minimum Gasteiger partial charge on any atom is -0.374 e. The molecule has 1 aromatic rings. The fraction of sp³-hybridized carbons (Fsp3) is 0.571. The molecule has 0 aliphatic carbocycles. The molecule has 0 amide bonds. The predicted octanol–water partition coefficient (Wildman–Crippen LogP) is 3.32. The fourth-order valence-electron chi connectivity index (χ4n) is 1.75. The lowest BCUT2D eigenvalue weighted by molar-refractivity contribution is 0.00921. The van der Waals surface area contributed by atoms with Crippen LogP contribution in [0.5, 0.6) is 0 Å². The van der Waals surface area contributed by atoms with Crippen molar-refractivity contribution in [2.24, 2.45) is 0 Å². The molecule has 2 nitrogen and oxygen atoms in total. The molecule has 0 saturated carbocycles. The Kier molecular flexibility index (Phi) is 6.83. The van der Waals surface area contributed by atoms with Crippen LogP contribution in [0.1, 0.15) is 30.5 Å². The van der Waals surface area contributed by atoms with E-state index in [0.29, 0.717) is 0 Å². The lowest BCUT2D eigenvalue weighted by Gasteiger charge is -2.19. The van der Waals surface area contributed by atoms with Gasteiger partial charge in [0.25, 0.3) is 6.43 Å². The van der Waals surface area contributed by atoms with Crippen LogP contribution in [-0.4, -0.2) is 26.2 Å². The minimum absolute atomic E-state index is 0.0244. The highest BCUT2D eigenvalue weighted by Gasteiger charge is 2.12. The molecule has 0 aliphatic heterocycles. The third kappa shape index (κ3) is 5.56. The molecule has 1 rings (SSSR count). The molecule has 0 saturated heterocycles. The number of rotatable bonds is 8. The normalized spacial score (nSPS) is 12.9. The fourth-order valence-corrected chi connectivity index (χ4v) is 1.75. The molecule has 1 aromatic carbocycles. The van der Waals surface area contributed by atoms with E-state index in [9.17, 15) is 8.78 Å². The van der Waals surface area contributed by atoms with Gasteiger partial charge in [0, 0.05) is 0 Å². The Morgan fingerprint density at radius 1 is 1.28 bits per heavy atom. The van der Waals surface area contributed by atoms with Gasteiger partial charge in [0.2, 0.25) is 0 Å². The summed E-state index contributed by atoms with van der Waals surface area (Å²) < 4.78 is 29.2. The van der Waals surface area contributed by atoms with Crippen LogP contribution in [0.3, 0.4) is 0 Å². The summed E-state index contributed by atoms with van der Waals surface area (Å²) in [4.78, 5) is 0. The van der Waals surface area contributed by atoms with E-state index < -0.39 is 13.0 Å². The zero-order valence-electron chi connectivity index (χ0n) is 11.0. The molecular formula is C14H21F2NO. The monoisotopic (exact) mass is 257 g/mol. The lowest BCUT2D eigenvalue weighted by atomic mass is 10.0. The largest absolute Gasteiger partial charge is 0.374 e. The van der Waals surface area contributed by atoms with Crippen LogP contribution in [0.2, 0.25) is 0 Å². The first-order valence-electron chi connectivity index (χ1n) is 6.29. The summed E-state index contributed by atoms with van der Waals surface area (Å²) >= 11 is 0. The molecule has 0 aliphatic rings. The van der Waals surface area contributed by atoms with Gasteiger partial charge in [0.15, 0.2) is 0 Å². The van der Waals surface area contributed by atoms with E-state index >= 15 is 0 Å². The first-order chi connectivity index (χ1) is 8.63. The summed E-state index contributed by atoms with van der Waals surface area (Å²) in [6, 6.07) is 8.01. The van der Waals surface area contributed by atoms with Crippen molar-refractivity contribution in [3.8, 4) is 0 Å². The molecule has 1 unspecified atom stereocenters. The van der Waals surface area contributed by atoms with E-state index in [1.54, 1.807) is 0 Å². The summed E-state index contributed by atoms with van der Waals surface area (Å²) in [5.41, 5.74) is 2.24. The second-order valence-corrected chi connectivity index (χ2v) is 4.35. The Balaban J connectivity index is 2.59. The highest BCUT2D eigenvalue weighted by molar-refractivity contribution is 5.25. The van der Waals surface area contributed by atoms with Crippen molar-refractivity contribution >= 4 is 0 Å². The van der Waals surface area contributed by atoms with Crippen LogP contribution >= 0.6 is 0 Å². The molecule has 0 bridgehead atoms. The number of hydrogen-bond donors (Lipinski definition) is 1. The minimum atomic E-state index is -2.41. The smallest absolute Gasteiger partial charge is 0.261 e. The molecule has 0 heterocycles. The summed E-state index contributed by atoms with van der Waals surface area (Å²) in [5.74, 6) is 0. The maximum atomic E-state index is 12.1. The Labute approximate surface area is 107 Å². The number of alkyl halides is 2. The second kappa shape index (κ2) is 8.16. The number of halogens is 2. The van der Waals surface area contributed by atoms with Crippen LogP contribution in [0, 0.1) is 6.92 Å². The molecule has 4 heteroatoms. The van der Waals surface area contributed by atoms with E-state index in [1.807, 2.05) is 25.1 Å². The number of aryl methyl sites for hydroxylation is 1. The lowest BCUT2D eigenvalue weighted by Crippen LogP contribution is -2.27. The van der Waals surface area contributed by atoms with Crippen LogP contribution < -0.4 is 5.32 Å². The molecule has 1 atom stereocenters. The number of benzene rings is 1. The van der Waals surface area contributed by atoms with E-state index in [0.717, 1.165) is 24.1 Å². The standard InChI is InChI=1S/C14H21F2NO/c1-3-7-17-13(9-18-10-14(15)16)12-6-4-5-11(2)8-12/h4-6,8,13-14,17H,3,7,9-10H2,1-2H3. The maximum absolute atomic E-state index is 12.1. The van der Waals surface area contributed by atoms with Crippen LogP contribution in [0.15, 0.2) is 24.3 Å². The van der Waals surface area contributed by atoms with E-state index in [1.165, 1.54) is 0 Å². The highest BCUT2D eigenvalue weighted by atomic mass is 19.3. The zero-order valence-corrected chi connectivity index (χ0v) is 11.0. The topological polar surface area (TPSA) is 21.3 Å². The molecule has 0 aromatic heterocycles. The molecule has 18 heavy (non-hydrogen) atoms. The van der Waals surface area contributed by atoms with Gasteiger partial charge in [-0.25, -0.2) is 8.78 Å². The first kappa shape index (κ1) is 15.1. The van der Waals surface area contributed by atoms with E-state index in [2.05, 4.69) is 18.3 Å². The van der Waals surface area contributed by atoms with Crippen molar-refractivity contribution in [1.82, 2.24) is 5.32 Å². The second-order valence-electron chi connectivity index (χ2n) is 4.35. The Bertz CT molecular complexity index is 344. The van der Waals surface area contributed by atoms with Gasteiger partial charge in [0.1, 0.15) is 6.61 Å². The predicted molar refractivity (Wildman–Crippen MR) is 69.0 cm³/mol. The van der Waals surface area contributed by atoms with Crippen molar-refractivity contribution in [1.29, 1.82) is 0 Å². The number of nitrogens with one attached hydrogen (secondary N) is 1. The van der Waals surface area contributed by atoms with Crippen molar-refractivity contribution < 1.29 is 13.5 Å². The Hall–Kier alpha value is -1.00.